The second-order valence-electron chi connectivity index (χ2n) is 4.40. The van der Waals surface area contributed by atoms with E-state index in [2.05, 4.69) is 15.0 Å². The van der Waals surface area contributed by atoms with Crippen molar-refractivity contribution in [3.63, 3.8) is 0 Å². The Kier molecular flexibility index (Phi) is 5.14. The van der Waals surface area contributed by atoms with E-state index in [0.717, 1.165) is 11.5 Å². The molecular formula is C13H19ClN4O2. The van der Waals surface area contributed by atoms with Crippen molar-refractivity contribution in [2.45, 2.75) is 32.9 Å². The van der Waals surface area contributed by atoms with Gasteiger partial charge in [-0.25, -0.2) is 9.97 Å². The molecule has 0 aliphatic rings. The van der Waals surface area contributed by atoms with Gasteiger partial charge in [0.1, 0.15) is 12.2 Å². The van der Waals surface area contributed by atoms with Crippen LogP contribution >= 0.6 is 11.6 Å². The van der Waals surface area contributed by atoms with Crippen LogP contribution < -0.4 is 4.74 Å². The molecule has 0 radical (unpaired) electrons. The second kappa shape index (κ2) is 6.85. The van der Waals surface area contributed by atoms with Crippen molar-refractivity contribution in [1.29, 1.82) is 0 Å². The first-order valence-electron chi connectivity index (χ1n) is 6.62. The van der Waals surface area contributed by atoms with E-state index in [1.54, 1.807) is 7.11 Å². The molecule has 0 aliphatic heterocycles. The zero-order chi connectivity index (χ0) is 14.5. The molecule has 0 bridgehead atoms. The first-order valence-corrected chi connectivity index (χ1v) is 7.16. The number of alkyl halides is 1. The maximum Gasteiger partial charge on any atom is 0.245 e. The lowest BCUT2D eigenvalue weighted by Crippen LogP contribution is -2.18. The van der Waals surface area contributed by atoms with Gasteiger partial charge in [0.25, 0.3) is 0 Å². The molecule has 0 aliphatic carbocycles. The van der Waals surface area contributed by atoms with E-state index in [-0.39, 0.29) is 6.10 Å². The predicted octanol–water partition coefficient (Wildman–Crippen LogP) is 2.04. The molecule has 2 aromatic heterocycles. The Labute approximate surface area is 123 Å². The van der Waals surface area contributed by atoms with Crippen LogP contribution in [0.5, 0.6) is 5.88 Å². The van der Waals surface area contributed by atoms with Crippen molar-refractivity contribution in [3.05, 3.63) is 12.2 Å². The maximum absolute atomic E-state index is 5.86. The van der Waals surface area contributed by atoms with Gasteiger partial charge in [0.05, 0.1) is 19.8 Å². The number of aromatic nitrogens is 4. The van der Waals surface area contributed by atoms with Gasteiger partial charge in [-0.1, -0.05) is 0 Å². The van der Waals surface area contributed by atoms with Crippen LogP contribution in [0.25, 0.3) is 11.2 Å². The van der Waals surface area contributed by atoms with E-state index in [4.69, 9.17) is 21.1 Å². The molecule has 2 rings (SSSR count). The highest BCUT2D eigenvalue weighted by Crippen LogP contribution is 2.22. The standard InChI is InChI=1S/C13H19ClN4O2/c1-4-20-9(2)7-18-10(5-6-14)17-11-12(18)15-8-16-13(11)19-3/h8-9H,4-7H2,1-3H3. The van der Waals surface area contributed by atoms with Gasteiger partial charge in [0, 0.05) is 18.9 Å². The van der Waals surface area contributed by atoms with Gasteiger partial charge >= 0.3 is 0 Å². The van der Waals surface area contributed by atoms with Crippen molar-refractivity contribution in [3.8, 4) is 5.88 Å². The monoisotopic (exact) mass is 298 g/mol. The first-order chi connectivity index (χ1) is 9.71. The Bertz CT molecular complexity index is 573. The van der Waals surface area contributed by atoms with Crippen LogP contribution in [-0.4, -0.2) is 45.2 Å². The number of halogens is 1. The Hall–Kier alpha value is -1.40. The topological polar surface area (TPSA) is 62.1 Å². The molecule has 1 unspecified atom stereocenters. The van der Waals surface area contributed by atoms with Crippen LogP contribution in [0.15, 0.2) is 6.33 Å². The SMILES string of the molecule is CCOC(C)Cn1c(CCCl)nc2c(OC)ncnc21. The number of methoxy groups -OCH3 is 1. The van der Waals surface area contributed by atoms with Crippen LogP contribution in [0.4, 0.5) is 0 Å². The Morgan fingerprint density at radius 2 is 2.20 bits per heavy atom. The molecule has 1 atom stereocenters. The van der Waals surface area contributed by atoms with Crippen molar-refractivity contribution in [2.75, 3.05) is 19.6 Å². The number of imidazole rings is 1. The molecule has 110 valence electrons. The molecule has 7 heteroatoms. The molecule has 0 N–H and O–H groups in total. The second-order valence-corrected chi connectivity index (χ2v) is 4.78. The van der Waals surface area contributed by atoms with Gasteiger partial charge in [0.15, 0.2) is 11.2 Å². The van der Waals surface area contributed by atoms with Gasteiger partial charge in [-0.3, -0.25) is 0 Å². The third-order valence-corrected chi connectivity index (χ3v) is 3.17. The third kappa shape index (κ3) is 3.02. The maximum atomic E-state index is 5.86. The molecule has 20 heavy (non-hydrogen) atoms. The average molecular weight is 299 g/mol. The molecular weight excluding hydrogens is 280 g/mol. The first kappa shape index (κ1) is 15.0. The summed E-state index contributed by atoms with van der Waals surface area (Å²) in [5, 5.41) is 0. The summed E-state index contributed by atoms with van der Waals surface area (Å²) in [4.78, 5) is 13.0. The van der Waals surface area contributed by atoms with E-state index in [1.165, 1.54) is 6.33 Å². The molecule has 6 nitrogen and oxygen atoms in total. The van der Waals surface area contributed by atoms with Crippen LogP contribution in [0.2, 0.25) is 0 Å². The van der Waals surface area contributed by atoms with E-state index < -0.39 is 0 Å². The summed E-state index contributed by atoms with van der Waals surface area (Å²) in [6, 6.07) is 0. The van der Waals surface area contributed by atoms with Crippen molar-refractivity contribution in [2.24, 2.45) is 0 Å². The largest absolute Gasteiger partial charge is 0.479 e. The van der Waals surface area contributed by atoms with E-state index >= 15 is 0 Å². The van der Waals surface area contributed by atoms with Crippen LogP contribution in [0.1, 0.15) is 19.7 Å². The number of fused-ring (bicyclic) bond motifs is 1. The lowest BCUT2D eigenvalue weighted by Gasteiger charge is -2.14. The van der Waals surface area contributed by atoms with Gasteiger partial charge in [-0.15, -0.1) is 11.6 Å². The van der Waals surface area contributed by atoms with Crippen LogP contribution in [-0.2, 0) is 17.7 Å². The fourth-order valence-electron chi connectivity index (χ4n) is 2.17. The highest BCUT2D eigenvalue weighted by Gasteiger charge is 2.17. The predicted molar refractivity (Wildman–Crippen MR) is 77.4 cm³/mol. The summed E-state index contributed by atoms with van der Waals surface area (Å²) in [6.07, 6.45) is 2.22. The highest BCUT2D eigenvalue weighted by molar-refractivity contribution is 6.17. The van der Waals surface area contributed by atoms with Gasteiger partial charge in [-0.2, -0.15) is 4.98 Å². The lowest BCUT2D eigenvalue weighted by atomic mass is 10.3. The third-order valence-electron chi connectivity index (χ3n) is 2.98. The normalized spacial score (nSPS) is 12.8. The number of hydrogen-bond donors (Lipinski definition) is 0. The smallest absolute Gasteiger partial charge is 0.245 e. The number of nitrogens with zero attached hydrogens (tertiary/aromatic N) is 4. The minimum absolute atomic E-state index is 0.0763. The molecule has 0 spiro atoms. The zero-order valence-electron chi connectivity index (χ0n) is 12.0. The lowest BCUT2D eigenvalue weighted by molar-refractivity contribution is 0.0641. The number of aryl methyl sites for hydroxylation is 1. The molecule has 0 amide bonds. The summed E-state index contributed by atoms with van der Waals surface area (Å²) in [5.74, 6) is 1.86. The van der Waals surface area contributed by atoms with E-state index in [9.17, 15) is 0 Å². The van der Waals surface area contributed by atoms with Crippen LogP contribution in [0, 0.1) is 0 Å². The zero-order valence-corrected chi connectivity index (χ0v) is 12.7. The summed E-state index contributed by atoms with van der Waals surface area (Å²) in [7, 11) is 1.57. The minimum atomic E-state index is 0.0763. The van der Waals surface area contributed by atoms with Crippen molar-refractivity contribution < 1.29 is 9.47 Å². The fraction of sp³-hybridized carbons (Fsp3) is 0.615. The van der Waals surface area contributed by atoms with Gasteiger partial charge < -0.3 is 14.0 Å². The fourth-order valence-corrected chi connectivity index (χ4v) is 2.34. The van der Waals surface area contributed by atoms with E-state index in [0.29, 0.717) is 36.8 Å². The van der Waals surface area contributed by atoms with Gasteiger partial charge in [0.2, 0.25) is 5.88 Å². The average Bonchev–Trinajstić information content (AvgIpc) is 2.77. The Morgan fingerprint density at radius 1 is 1.40 bits per heavy atom. The molecule has 0 saturated carbocycles. The molecule has 2 heterocycles. The highest BCUT2D eigenvalue weighted by atomic mass is 35.5. The number of rotatable bonds is 7. The summed E-state index contributed by atoms with van der Waals surface area (Å²) in [6.45, 7) is 5.36. The molecule has 0 aromatic carbocycles. The van der Waals surface area contributed by atoms with Crippen molar-refractivity contribution in [1.82, 2.24) is 19.5 Å². The van der Waals surface area contributed by atoms with Crippen molar-refractivity contribution >= 4 is 22.8 Å². The number of ether oxygens (including phenoxy) is 2. The number of hydrogen-bond acceptors (Lipinski definition) is 5. The summed E-state index contributed by atoms with van der Waals surface area (Å²) in [5.41, 5.74) is 1.42. The molecule has 0 fully saturated rings. The van der Waals surface area contributed by atoms with E-state index in [1.807, 2.05) is 18.4 Å². The molecule has 2 aromatic rings. The Balaban J connectivity index is 2.45. The summed E-state index contributed by atoms with van der Waals surface area (Å²) >= 11 is 5.86. The summed E-state index contributed by atoms with van der Waals surface area (Å²) < 4.78 is 12.9. The molecule has 0 saturated heterocycles. The Morgan fingerprint density at radius 3 is 2.85 bits per heavy atom. The minimum Gasteiger partial charge on any atom is -0.479 e. The van der Waals surface area contributed by atoms with Crippen LogP contribution in [0.3, 0.4) is 0 Å². The van der Waals surface area contributed by atoms with Gasteiger partial charge in [-0.05, 0) is 13.8 Å². The quantitative estimate of drug-likeness (QED) is 0.732.